The van der Waals surface area contributed by atoms with Crippen LogP contribution >= 0.6 is 23.2 Å². The molecule has 0 radical (unpaired) electrons. The molecule has 0 saturated heterocycles. The fraction of sp³-hybridized carbons (Fsp3) is 0.190. The zero-order valence-corrected chi connectivity index (χ0v) is 32.9. The van der Waals surface area contributed by atoms with Crippen molar-refractivity contribution < 1.29 is 46.2 Å². The highest BCUT2D eigenvalue weighted by atomic mass is 35.5. The Kier molecular flexibility index (Phi) is 14.0. The van der Waals surface area contributed by atoms with E-state index in [1.165, 1.54) is 38.1 Å². The number of rotatable bonds is 14. The molecular formula is C42H36Cl2F4N4O6. The standard InChI is InChI=1S/C42H36Cl2F4N4O6/c1-51(29-5-9-31(57-3)10-6-29)41(55)37(17-23-13-25(45)19-26(46)14-23)49-39(53)33-21-35(43)36(44)22-34(33)40(54)50-38(18-24-15-27(47)20-28(48)16-24)42(56)52(2)30-7-11-32(58-4)12-8-30/h5-16,19-22,37-38H,17-18H2,1-4H3,(H,49,53)(H,50,54)/t37-,38-/m0/s1. The molecule has 58 heavy (non-hydrogen) atoms. The van der Waals surface area contributed by atoms with E-state index in [0.29, 0.717) is 35.0 Å². The van der Waals surface area contributed by atoms with Crippen molar-refractivity contribution in [1.29, 1.82) is 0 Å². The molecule has 0 aliphatic carbocycles. The Morgan fingerprint density at radius 2 is 0.862 bits per heavy atom. The molecule has 0 heterocycles. The molecule has 16 heteroatoms. The van der Waals surface area contributed by atoms with Crippen LogP contribution in [0.4, 0.5) is 28.9 Å². The van der Waals surface area contributed by atoms with E-state index in [1.54, 1.807) is 48.5 Å². The molecular weight excluding hydrogens is 803 g/mol. The van der Waals surface area contributed by atoms with Crippen LogP contribution in [0.5, 0.6) is 11.5 Å². The second-order valence-electron chi connectivity index (χ2n) is 13.0. The number of hydrogen-bond donors (Lipinski definition) is 2. The van der Waals surface area contributed by atoms with Crippen LogP contribution in [-0.4, -0.2) is 64.0 Å². The summed E-state index contributed by atoms with van der Waals surface area (Å²) in [6.45, 7) is 0. The van der Waals surface area contributed by atoms with E-state index >= 15 is 0 Å². The molecule has 2 N–H and O–H groups in total. The third-order valence-corrected chi connectivity index (χ3v) is 9.78. The van der Waals surface area contributed by atoms with Crippen LogP contribution < -0.4 is 29.9 Å². The molecule has 10 nitrogen and oxygen atoms in total. The van der Waals surface area contributed by atoms with Crippen LogP contribution in [0.3, 0.4) is 0 Å². The van der Waals surface area contributed by atoms with Gasteiger partial charge in [0.2, 0.25) is 11.8 Å². The Labute approximate surface area is 341 Å². The van der Waals surface area contributed by atoms with E-state index in [-0.39, 0.29) is 34.0 Å². The molecule has 0 unspecified atom stereocenters. The number of halogens is 6. The second-order valence-corrected chi connectivity index (χ2v) is 13.8. The maximum atomic E-state index is 14.3. The topological polar surface area (TPSA) is 117 Å². The number of anilines is 2. The summed E-state index contributed by atoms with van der Waals surface area (Å²) in [5, 5.41) is 4.81. The highest BCUT2D eigenvalue weighted by molar-refractivity contribution is 6.42. The number of likely N-dealkylation sites (N-methyl/N-ethyl adjacent to an activating group) is 2. The zero-order chi connectivity index (χ0) is 42.3. The van der Waals surface area contributed by atoms with Gasteiger partial charge in [-0.1, -0.05) is 23.2 Å². The number of hydrogen-bond acceptors (Lipinski definition) is 6. The van der Waals surface area contributed by atoms with Gasteiger partial charge in [-0.2, -0.15) is 0 Å². The lowest BCUT2D eigenvalue weighted by Crippen LogP contribution is -2.50. The Balaban J connectivity index is 1.49. The largest absolute Gasteiger partial charge is 0.497 e. The smallest absolute Gasteiger partial charge is 0.252 e. The average Bonchev–Trinajstić information content (AvgIpc) is 3.19. The maximum absolute atomic E-state index is 14.3. The molecule has 0 bridgehead atoms. The Morgan fingerprint density at radius 3 is 1.16 bits per heavy atom. The minimum atomic E-state index is -1.47. The quantitative estimate of drug-likeness (QED) is 0.112. The Hall–Kier alpha value is -6.12. The molecule has 302 valence electrons. The lowest BCUT2D eigenvalue weighted by atomic mass is 10.0. The Bertz CT molecular complexity index is 2130. The lowest BCUT2D eigenvalue weighted by Gasteiger charge is -2.26. The van der Waals surface area contributed by atoms with Crippen molar-refractivity contribution in [3.8, 4) is 11.5 Å². The van der Waals surface area contributed by atoms with Gasteiger partial charge in [0.15, 0.2) is 0 Å². The molecule has 0 aromatic heterocycles. The van der Waals surface area contributed by atoms with Crippen molar-refractivity contribution in [3.05, 3.63) is 153 Å². The van der Waals surface area contributed by atoms with Gasteiger partial charge in [-0.05, 0) is 96.1 Å². The number of nitrogens with one attached hydrogen (secondary N) is 2. The summed E-state index contributed by atoms with van der Waals surface area (Å²) in [6, 6.07) is 17.3. The Morgan fingerprint density at radius 1 is 0.552 bits per heavy atom. The molecule has 2 atom stereocenters. The summed E-state index contributed by atoms with van der Waals surface area (Å²) in [5.74, 6) is -6.09. The fourth-order valence-electron chi connectivity index (χ4n) is 6.06. The predicted octanol–water partition coefficient (Wildman–Crippen LogP) is 7.58. The third-order valence-electron chi connectivity index (χ3n) is 9.06. The van der Waals surface area contributed by atoms with E-state index in [9.17, 15) is 36.7 Å². The first-order valence-electron chi connectivity index (χ1n) is 17.4. The third kappa shape index (κ3) is 10.6. The second kappa shape index (κ2) is 18.9. The normalized spacial score (nSPS) is 11.9. The first-order valence-corrected chi connectivity index (χ1v) is 18.2. The van der Waals surface area contributed by atoms with Gasteiger partial charge in [0.25, 0.3) is 11.8 Å². The van der Waals surface area contributed by atoms with Crippen LogP contribution in [-0.2, 0) is 22.4 Å². The molecule has 5 rings (SSSR count). The van der Waals surface area contributed by atoms with Gasteiger partial charge in [-0.15, -0.1) is 0 Å². The van der Waals surface area contributed by atoms with Crippen molar-refractivity contribution >= 4 is 58.2 Å². The van der Waals surface area contributed by atoms with E-state index in [2.05, 4.69) is 10.6 Å². The molecule has 0 spiro atoms. The number of amides is 4. The number of benzene rings is 5. The summed E-state index contributed by atoms with van der Waals surface area (Å²) >= 11 is 12.6. The molecule has 0 saturated carbocycles. The summed E-state index contributed by atoms with van der Waals surface area (Å²) in [4.78, 5) is 58.7. The maximum Gasteiger partial charge on any atom is 0.252 e. The summed E-state index contributed by atoms with van der Waals surface area (Å²) in [5.41, 5.74) is 0.0459. The first-order chi connectivity index (χ1) is 27.6. The number of carbonyl (C=O) groups is 4. The first kappa shape index (κ1) is 43.0. The molecule has 5 aromatic rings. The minimum Gasteiger partial charge on any atom is -0.497 e. The van der Waals surface area contributed by atoms with Gasteiger partial charge in [-0.3, -0.25) is 19.2 Å². The van der Waals surface area contributed by atoms with E-state index in [1.807, 2.05) is 0 Å². The van der Waals surface area contributed by atoms with Crippen LogP contribution in [0.2, 0.25) is 10.0 Å². The van der Waals surface area contributed by atoms with Crippen molar-refractivity contribution in [2.24, 2.45) is 0 Å². The zero-order valence-electron chi connectivity index (χ0n) is 31.4. The summed E-state index contributed by atoms with van der Waals surface area (Å²) < 4.78 is 67.4. The fourth-order valence-corrected chi connectivity index (χ4v) is 6.38. The number of nitrogens with zero attached hydrogens (tertiary/aromatic N) is 2. The van der Waals surface area contributed by atoms with Crippen molar-refractivity contribution in [1.82, 2.24) is 10.6 Å². The number of ether oxygens (including phenoxy) is 2. The number of carbonyl (C=O) groups excluding carboxylic acids is 4. The van der Waals surface area contributed by atoms with Crippen molar-refractivity contribution in [2.45, 2.75) is 24.9 Å². The van der Waals surface area contributed by atoms with Crippen LogP contribution in [0, 0.1) is 23.3 Å². The lowest BCUT2D eigenvalue weighted by molar-refractivity contribution is -0.120. The predicted molar refractivity (Wildman–Crippen MR) is 212 cm³/mol. The number of methoxy groups -OCH3 is 2. The van der Waals surface area contributed by atoms with Crippen LogP contribution in [0.15, 0.2) is 97.1 Å². The van der Waals surface area contributed by atoms with Gasteiger partial charge >= 0.3 is 0 Å². The highest BCUT2D eigenvalue weighted by Gasteiger charge is 2.31. The van der Waals surface area contributed by atoms with Crippen molar-refractivity contribution in [2.75, 3.05) is 38.1 Å². The van der Waals surface area contributed by atoms with Crippen molar-refractivity contribution in [3.63, 3.8) is 0 Å². The van der Waals surface area contributed by atoms with Crippen LogP contribution in [0.1, 0.15) is 31.8 Å². The minimum absolute atomic E-state index is 0.0301. The average molecular weight is 840 g/mol. The summed E-state index contributed by atoms with van der Waals surface area (Å²) in [6.07, 6.45) is -0.776. The van der Waals surface area contributed by atoms with E-state index in [0.717, 1.165) is 36.4 Å². The van der Waals surface area contributed by atoms with Gasteiger partial charge < -0.3 is 29.9 Å². The van der Waals surface area contributed by atoms with E-state index in [4.69, 9.17) is 32.7 Å². The van der Waals surface area contributed by atoms with Gasteiger partial charge in [0.1, 0.15) is 46.9 Å². The summed E-state index contributed by atoms with van der Waals surface area (Å²) in [7, 11) is 5.79. The molecule has 0 aliphatic rings. The SMILES string of the molecule is COc1ccc(N(C)C(=O)[C@H](Cc2cc(F)cc(F)c2)NC(=O)c2cc(Cl)c(Cl)cc2C(=O)N[C@@H](Cc2cc(F)cc(F)c2)C(=O)N(C)c2ccc(OC)cc2)cc1. The van der Waals surface area contributed by atoms with Crippen LogP contribution in [0.25, 0.3) is 0 Å². The van der Waals surface area contributed by atoms with Gasteiger partial charge in [0, 0.05) is 50.4 Å². The highest BCUT2D eigenvalue weighted by Crippen LogP contribution is 2.28. The van der Waals surface area contributed by atoms with Gasteiger partial charge in [-0.25, -0.2) is 17.6 Å². The molecule has 0 fully saturated rings. The monoisotopic (exact) mass is 838 g/mol. The van der Waals surface area contributed by atoms with Gasteiger partial charge in [0.05, 0.1) is 35.4 Å². The molecule has 4 amide bonds. The molecule has 0 aliphatic heterocycles. The molecule has 5 aromatic carbocycles. The van der Waals surface area contributed by atoms with E-state index < -0.39 is 70.1 Å².